The maximum atomic E-state index is 11.1. The number of fused-ring (bicyclic) bond motifs is 1. The van der Waals surface area contributed by atoms with E-state index in [4.69, 9.17) is 20.7 Å². The minimum Gasteiger partial charge on any atom is -0.481 e. The summed E-state index contributed by atoms with van der Waals surface area (Å²) in [6, 6.07) is 13.8. The number of para-hydroxylation sites is 1. The topological polar surface area (TPSA) is 125 Å². The molecule has 1 heterocycles. The van der Waals surface area contributed by atoms with Crippen LogP contribution in [0.2, 0.25) is 0 Å². The summed E-state index contributed by atoms with van der Waals surface area (Å²) >= 11 is 0. The van der Waals surface area contributed by atoms with Crippen LogP contribution in [0.5, 0.6) is 11.5 Å². The van der Waals surface area contributed by atoms with Crippen molar-refractivity contribution in [1.82, 2.24) is 4.90 Å². The highest BCUT2D eigenvalue weighted by molar-refractivity contribution is 5.85. The van der Waals surface area contributed by atoms with Crippen LogP contribution >= 0.6 is 0 Å². The van der Waals surface area contributed by atoms with Gasteiger partial charge >= 0.3 is 11.9 Å². The Morgan fingerprint density at radius 2 is 1.74 bits per heavy atom. The molecular weight excluding hydrogens is 350 g/mol. The highest BCUT2D eigenvalue weighted by Gasteiger charge is 2.29. The molecule has 2 aromatic carbocycles. The fraction of sp³-hybridized carbons (Fsp3) is 0.211. The van der Waals surface area contributed by atoms with Gasteiger partial charge in [-0.1, -0.05) is 18.2 Å². The van der Waals surface area contributed by atoms with Crippen molar-refractivity contribution in [3.05, 3.63) is 54.1 Å². The van der Waals surface area contributed by atoms with E-state index in [1.165, 1.54) is 4.90 Å². The van der Waals surface area contributed by atoms with Crippen LogP contribution in [-0.4, -0.2) is 39.1 Å². The molecule has 0 bridgehead atoms. The Labute approximate surface area is 155 Å². The number of nitrogens with two attached hydrogens (primary N) is 1. The van der Waals surface area contributed by atoms with Crippen molar-refractivity contribution in [1.29, 1.82) is 0 Å². The van der Waals surface area contributed by atoms with Crippen LogP contribution in [0.3, 0.4) is 0 Å². The summed E-state index contributed by atoms with van der Waals surface area (Å²) in [5, 5.41) is 18.2. The van der Waals surface area contributed by atoms with Crippen molar-refractivity contribution < 1.29 is 24.5 Å². The molecule has 4 N–H and O–H groups in total. The third-order valence-corrected chi connectivity index (χ3v) is 4.16. The summed E-state index contributed by atoms with van der Waals surface area (Å²) in [5.74, 6) is -0.805. The molecule has 0 unspecified atom stereocenters. The van der Waals surface area contributed by atoms with Gasteiger partial charge in [-0.05, 0) is 30.3 Å². The maximum absolute atomic E-state index is 11.1. The second-order valence-corrected chi connectivity index (χ2v) is 6.15. The van der Waals surface area contributed by atoms with E-state index in [1.54, 1.807) is 18.2 Å². The summed E-state index contributed by atoms with van der Waals surface area (Å²) in [6.07, 6.45) is -0.698. The number of hydrogen-bond acceptors (Lipinski definition) is 6. The molecule has 0 amide bonds. The molecule has 0 saturated heterocycles. The quantitative estimate of drug-likeness (QED) is 0.685. The van der Waals surface area contributed by atoms with E-state index >= 15 is 0 Å². The lowest BCUT2D eigenvalue weighted by Gasteiger charge is -2.34. The van der Waals surface area contributed by atoms with Gasteiger partial charge < -0.3 is 25.6 Å². The molecule has 1 aliphatic rings. The van der Waals surface area contributed by atoms with Crippen molar-refractivity contribution in [2.75, 3.05) is 0 Å². The minimum absolute atomic E-state index is 0.103. The average Bonchev–Trinajstić information content (AvgIpc) is 2.61. The third kappa shape index (κ3) is 4.55. The SMILES string of the molecule is NC1=Nc2ccc(Oc3ccccc3)cc2CN1C(CC(=O)O)CC(=O)O. The Kier molecular flexibility index (Phi) is 5.25. The largest absolute Gasteiger partial charge is 0.481 e. The molecule has 0 aliphatic carbocycles. The number of nitrogens with zero attached hydrogens (tertiary/aromatic N) is 2. The maximum Gasteiger partial charge on any atom is 0.305 e. The van der Waals surface area contributed by atoms with E-state index in [0.717, 1.165) is 5.56 Å². The molecule has 0 spiro atoms. The number of carbonyl (C=O) groups is 2. The van der Waals surface area contributed by atoms with Gasteiger partial charge in [0, 0.05) is 12.1 Å². The molecule has 2 aromatic rings. The fourth-order valence-electron chi connectivity index (χ4n) is 2.95. The summed E-state index contributed by atoms with van der Waals surface area (Å²) in [6.45, 7) is 0.252. The molecule has 1 aliphatic heterocycles. The number of guanidine groups is 1. The zero-order chi connectivity index (χ0) is 19.4. The zero-order valence-electron chi connectivity index (χ0n) is 14.4. The Morgan fingerprint density at radius 1 is 1.07 bits per heavy atom. The molecule has 0 fully saturated rings. The van der Waals surface area contributed by atoms with Crippen LogP contribution < -0.4 is 10.5 Å². The van der Waals surface area contributed by atoms with Crippen LogP contribution in [0.1, 0.15) is 18.4 Å². The second kappa shape index (κ2) is 7.77. The summed E-state index contributed by atoms with van der Waals surface area (Å²) in [5.41, 5.74) is 7.39. The van der Waals surface area contributed by atoms with Gasteiger partial charge in [0.2, 0.25) is 0 Å². The lowest BCUT2D eigenvalue weighted by molar-refractivity contribution is -0.140. The Bertz CT molecular complexity index is 866. The molecule has 8 heteroatoms. The first kappa shape index (κ1) is 18.2. The van der Waals surface area contributed by atoms with Gasteiger partial charge in [-0.15, -0.1) is 0 Å². The number of benzene rings is 2. The zero-order valence-corrected chi connectivity index (χ0v) is 14.4. The predicted octanol–water partition coefficient (Wildman–Crippen LogP) is 2.56. The standard InChI is InChI=1S/C19H19N3O5/c20-19-21-16-7-6-15(27-14-4-2-1-3-5-14)8-12(16)11-22(19)13(9-17(23)24)10-18(25)26/h1-8,13H,9-11H2,(H2,20,21)(H,23,24)(H,25,26). The van der Waals surface area contributed by atoms with E-state index in [2.05, 4.69) is 4.99 Å². The molecule has 0 saturated carbocycles. The first-order valence-electron chi connectivity index (χ1n) is 8.32. The van der Waals surface area contributed by atoms with Gasteiger partial charge in [0.25, 0.3) is 0 Å². The van der Waals surface area contributed by atoms with E-state index in [-0.39, 0.29) is 25.3 Å². The van der Waals surface area contributed by atoms with E-state index < -0.39 is 18.0 Å². The highest BCUT2D eigenvalue weighted by Crippen LogP contribution is 2.32. The first-order valence-corrected chi connectivity index (χ1v) is 8.32. The smallest absolute Gasteiger partial charge is 0.305 e. The van der Waals surface area contributed by atoms with E-state index in [1.807, 2.05) is 30.3 Å². The Morgan fingerprint density at radius 3 is 2.37 bits per heavy atom. The lowest BCUT2D eigenvalue weighted by Crippen LogP contribution is -2.47. The number of carboxylic acid groups (broad SMARTS) is 2. The van der Waals surface area contributed by atoms with Gasteiger partial charge in [0.1, 0.15) is 11.5 Å². The Balaban J connectivity index is 1.85. The first-order chi connectivity index (χ1) is 12.9. The molecule has 140 valence electrons. The van der Waals surface area contributed by atoms with Crippen molar-refractivity contribution >= 4 is 23.6 Å². The normalized spacial score (nSPS) is 13.1. The van der Waals surface area contributed by atoms with Gasteiger partial charge in [-0.2, -0.15) is 0 Å². The molecule has 8 nitrogen and oxygen atoms in total. The van der Waals surface area contributed by atoms with E-state index in [9.17, 15) is 9.59 Å². The van der Waals surface area contributed by atoms with Crippen molar-refractivity contribution in [2.24, 2.45) is 10.7 Å². The highest BCUT2D eigenvalue weighted by atomic mass is 16.5. The number of hydrogen-bond donors (Lipinski definition) is 3. The van der Waals surface area contributed by atoms with Gasteiger partial charge in [-0.3, -0.25) is 9.59 Å². The summed E-state index contributed by atoms with van der Waals surface area (Å²) < 4.78 is 5.81. The summed E-state index contributed by atoms with van der Waals surface area (Å²) in [7, 11) is 0. The van der Waals surface area contributed by atoms with Crippen molar-refractivity contribution in [3.8, 4) is 11.5 Å². The van der Waals surface area contributed by atoms with Gasteiger partial charge in [0.05, 0.1) is 24.6 Å². The van der Waals surface area contributed by atoms with Crippen LogP contribution in [0.15, 0.2) is 53.5 Å². The average molecular weight is 369 g/mol. The number of carboxylic acids is 2. The van der Waals surface area contributed by atoms with Gasteiger partial charge in [-0.25, -0.2) is 4.99 Å². The van der Waals surface area contributed by atoms with Crippen LogP contribution in [-0.2, 0) is 16.1 Å². The predicted molar refractivity (Wildman–Crippen MR) is 98.1 cm³/mol. The number of rotatable bonds is 7. The molecule has 3 rings (SSSR count). The van der Waals surface area contributed by atoms with Crippen LogP contribution in [0.25, 0.3) is 0 Å². The van der Waals surface area contributed by atoms with Gasteiger partial charge in [0.15, 0.2) is 5.96 Å². The third-order valence-electron chi connectivity index (χ3n) is 4.16. The molecule has 0 radical (unpaired) electrons. The summed E-state index contributed by atoms with van der Waals surface area (Å²) in [4.78, 5) is 28.0. The Hall–Kier alpha value is -3.55. The van der Waals surface area contributed by atoms with Crippen LogP contribution in [0, 0.1) is 0 Å². The minimum atomic E-state index is -1.10. The monoisotopic (exact) mass is 369 g/mol. The van der Waals surface area contributed by atoms with Crippen molar-refractivity contribution in [2.45, 2.75) is 25.4 Å². The van der Waals surface area contributed by atoms with Crippen LogP contribution in [0.4, 0.5) is 5.69 Å². The second-order valence-electron chi connectivity index (χ2n) is 6.15. The molecule has 0 aromatic heterocycles. The molecule has 0 atom stereocenters. The fourth-order valence-corrected chi connectivity index (χ4v) is 2.95. The number of ether oxygens (including phenoxy) is 1. The molecule has 27 heavy (non-hydrogen) atoms. The van der Waals surface area contributed by atoms with Crippen molar-refractivity contribution in [3.63, 3.8) is 0 Å². The van der Waals surface area contributed by atoms with E-state index in [0.29, 0.717) is 17.2 Å². The number of aliphatic imine (C=N–C) groups is 1. The molecular formula is C19H19N3O5. The lowest BCUT2D eigenvalue weighted by atomic mass is 10.0. The number of aliphatic carboxylic acids is 2.